The Morgan fingerprint density at radius 2 is 1.85 bits per heavy atom. The van der Waals surface area contributed by atoms with Crippen molar-refractivity contribution in [3.8, 4) is 0 Å². The molecule has 0 radical (unpaired) electrons. The van der Waals surface area contributed by atoms with Gasteiger partial charge in [-0.1, -0.05) is 43.7 Å². The Kier molecular flexibility index (Phi) is 4.93. The monoisotopic (exact) mass is 270 g/mol. The molecule has 0 aliphatic carbocycles. The first-order chi connectivity index (χ1) is 9.76. The van der Waals surface area contributed by atoms with E-state index in [1.807, 2.05) is 6.07 Å². The molecule has 1 heterocycles. The summed E-state index contributed by atoms with van der Waals surface area (Å²) in [6.45, 7) is 6.01. The average Bonchev–Trinajstić information content (AvgIpc) is 2.48. The molecule has 2 aromatic rings. The van der Waals surface area contributed by atoms with Crippen molar-refractivity contribution in [2.45, 2.75) is 33.2 Å². The molecule has 0 unspecified atom stereocenters. The van der Waals surface area contributed by atoms with Gasteiger partial charge in [0, 0.05) is 18.7 Å². The topological polar surface area (TPSA) is 55.0 Å². The predicted molar refractivity (Wildman–Crippen MR) is 83.6 cm³/mol. The maximum absolute atomic E-state index is 6.02. The lowest BCUT2D eigenvalue weighted by atomic mass is 10.1. The molecule has 2 N–H and O–H groups in total. The lowest BCUT2D eigenvalue weighted by Crippen LogP contribution is -2.25. The number of benzene rings is 1. The van der Waals surface area contributed by atoms with E-state index in [0.717, 1.165) is 37.3 Å². The number of rotatable bonds is 6. The minimum absolute atomic E-state index is 0.600. The van der Waals surface area contributed by atoms with Crippen LogP contribution in [0.3, 0.4) is 0 Å². The summed E-state index contributed by atoms with van der Waals surface area (Å²) in [5, 5.41) is 0. The van der Waals surface area contributed by atoms with E-state index in [4.69, 9.17) is 5.73 Å². The van der Waals surface area contributed by atoms with Crippen molar-refractivity contribution in [1.82, 2.24) is 9.97 Å². The van der Waals surface area contributed by atoms with Crippen molar-refractivity contribution in [1.29, 1.82) is 0 Å². The molecule has 0 saturated carbocycles. The van der Waals surface area contributed by atoms with Crippen LogP contribution in [-0.4, -0.2) is 16.5 Å². The largest absolute Gasteiger partial charge is 0.383 e. The van der Waals surface area contributed by atoms with Gasteiger partial charge in [0.15, 0.2) is 0 Å². The number of hydrogen-bond donors (Lipinski definition) is 1. The first-order valence-corrected chi connectivity index (χ1v) is 7.14. The van der Waals surface area contributed by atoms with Crippen molar-refractivity contribution in [3.63, 3.8) is 0 Å². The van der Waals surface area contributed by atoms with Crippen LogP contribution in [0.2, 0.25) is 0 Å². The van der Waals surface area contributed by atoms with E-state index < -0.39 is 0 Å². The van der Waals surface area contributed by atoms with Crippen LogP contribution in [0.1, 0.15) is 31.4 Å². The molecule has 20 heavy (non-hydrogen) atoms. The van der Waals surface area contributed by atoms with Crippen molar-refractivity contribution in [3.05, 3.63) is 47.8 Å². The van der Waals surface area contributed by atoms with E-state index in [1.54, 1.807) is 6.33 Å². The lowest BCUT2D eigenvalue weighted by molar-refractivity contribution is 0.789. The fourth-order valence-corrected chi connectivity index (χ4v) is 2.32. The van der Waals surface area contributed by atoms with Gasteiger partial charge in [-0.3, -0.25) is 0 Å². The summed E-state index contributed by atoms with van der Waals surface area (Å²) >= 11 is 0. The number of nitrogens with two attached hydrogens (primary N) is 1. The second-order valence-corrected chi connectivity index (χ2v) is 4.81. The molecular weight excluding hydrogens is 248 g/mol. The fourth-order valence-electron chi connectivity index (χ4n) is 2.32. The third kappa shape index (κ3) is 3.26. The highest BCUT2D eigenvalue weighted by molar-refractivity contribution is 5.56. The SMILES string of the molecule is CCCc1c(N)ncnc1N(CC)Cc1ccccc1. The molecule has 0 bridgehead atoms. The van der Waals surface area contributed by atoms with Gasteiger partial charge in [0.1, 0.15) is 18.0 Å². The maximum Gasteiger partial charge on any atom is 0.137 e. The van der Waals surface area contributed by atoms with E-state index in [2.05, 4.69) is 53.0 Å². The average molecular weight is 270 g/mol. The Morgan fingerprint density at radius 1 is 1.10 bits per heavy atom. The summed E-state index contributed by atoms with van der Waals surface area (Å²) in [5.74, 6) is 1.56. The molecule has 0 fully saturated rings. The zero-order chi connectivity index (χ0) is 14.4. The first kappa shape index (κ1) is 14.3. The molecule has 4 heteroatoms. The summed E-state index contributed by atoms with van der Waals surface area (Å²) in [6.07, 6.45) is 3.50. The van der Waals surface area contributed by atoms with Crippen LogP contribution in [0.4, 0.5) is 11.6 Å². The van der Waals surface area contributed by atoms with Crippen LogP contribution in [0, 0.1) is 0 Å². The van der Waals surface area contributed by atoms with Gasteiger partial charge in [-0.25, -0.2) is 9.97 Å². The third-order valence-electron chi connectivity index (χ3n) is 3.35. The molecule has 0 saturated heterocycles. The zero-order valence-corrected chi connectivity index (χ0v) is 12.2. The van der Waals surface area contributed by atoms with Crippen molar-refractivity contribution < 1.29 is 0 Å². The van der Waals surface area contributed by atoms with E-state index in [1.165, 1.54) is 5.56 Å². The lowest BCUT2D eigenvalue weighted by Gasteiger charge is -2.24. The molecule has 0 spiro atoms. The normalized spacial score (nSPS) is 10.5. The molecule has 0 aliphatic heterocycles. The molecule has 1 aromatic carbocycles. The highest BCUT2D eigenvalue weighted by Gasteiger charge is 2.14. The van der Waals surface area contributed by atoms with E-state index >= 15 is 0 Å². The highest BCUT2D eigenvalue weighted by atomic mass is 15.2. The number of aromatic nitrogens is 2. The third-order valence-corrected chi connectivity index (χ3v) is 3.35. The van der Waals surface area contributed by atoms with Gasteiger partial charge in [-0.2, -0.15) is 0 Å². The van der Waals surface area contributed by atoms with Crippen molar-refractivity contribution >= 4 is 11.6 Å². The Balaban J connectivity index is 2.29. The van der Waals surface area contributed by atoms with Gasteiger partial charge in [-0.05, 0) is 18.9 Å². The molecule has 2 rings (SSSR count). The molecule has 1 aromatic heterocycles. The fraction of sp³-hybridized carbons (Fsp3) is 0.375. The van der Waals surface area contributed by atoms with Gasteiger partial charge in [-0.15, -0.1) is 0 Å². The van der Waals surface area contributed by atoms with Crippen molar-refractivity contribution in [2.75, 3.05) is 17.2 Å². The van der Waals surface area contributed by atoms with Crippen LogP contribution >= 0.6 is 0 Å². The van der Waals surface area contributed by atoms with Crippen LogP contribution in [0.5, 0.6) is 0 Å². The summed E-state index contributed by atoms with van der Waals surface area (Å²) in [5.41, 5.74) is 8.35. The molecule has 0 atom stereocenters. The van der Waals surface area contributed by atoms with Crippen LogP contribution < -0.4 is 10.6 Å². The quantitative estimate of drug-likeness (QED) is 0.876. The highest BCUT2D eigenvalue weighted by Crippen LogP contribution is 2.24. The predicted octanol–water partition coefficient (Wildman–Crippen LogP) is 3.04. The Labute approximate surface area is 120 Å². The first-order valence-electron chi connectivity index (χ1n) is 7.14. The minimum atomic E-state index is 0.600. The number of nitrogen functional groups attached to an aromatic ring is 1. The number of nitrogens with zero attached hydrogens (tertiary/aromatic N) is 3. The number of hydrogen-bond acceptors (Lipinski definition) is 4. The second-order valence-electron chi connectivity index (χ2n) is 4.81. The van der Waals surface area contributed by atoms with Crippen LogP contribution in [0.25, 0.3) is 0 Å². The molecule has 0 amide bonds. The number of anilines is 2. The van der Waals surface area contributed by atoms with E-state index in [-0.39, 0.29) is 0 Å². The Morgan fingerprint density at radius 3 is 2.50 bits per heavy atom. The minimum Gasteiger partial charge on any atom is -0.383 e. The van der Waals surface area contributed by atoms with Crippen LogP contribution in [0.15, 0.2) is 36.7 Å². The maximum atomic E-state index is 6.02. The van der Waals surface area contributed by atoms with Crippen LogP contribution in [-0.2, 0) is 13.0 Å². The standard InChI is InChI=1S/C16H22N4/c1-3-8-14-15(17)18-12-19-16(14)20(4-2)11-13-9-6-5-7-10-13/h5-7,9-10,12H,3-4,8,11H2,1-2H3,(H2,17,18,19). The van der Waals surface area contributed by atoms with Crippen molar-refractivity contribution in [2.24, 2.45) is 0 Å². The Bertz CT molecular complexity index is 539. The summed E-state index contributed by atoms with van der Waals surface area (Å²) < 4.78 is 0. The van der Waals surface area contributed by atoms with Gasteiger partial charge >= 0.3 is 0 Å². The van der Waals surface area contributed by atoms with E-state index in [0.29, 0.717) is 5.82 Å². The summed E-state index contributed by atoms with van der Waals surface area (Å²) in [6, 6.07) is 10.4. The Hall–Kier alpha value is -2.10. The molecule has 106 valence electrons. The molecule has 4 nitrogen and oxygen atoms in total. The van der Waals surface area contributed by atoms with Gasteiger partial charge < -0.3 is 10.6 Å². The zero-order valence-electron chi connectivity index (χ0n) is 12.2. The van der Waals surface area contributed by atoms with Gasteiger partial charge in [0.25, 0.3) is 0 Å². The molecule has 0 aliphatic rings. The summed E-state index contributed by atoms with van der Waals surface area (Å²) in [7, 11) is 0. The second kappa shape index (κ2) is 6.89. The summed E-state index contributed by atoms with van der Waals surface area (Å²) in [4.78, 5) is 10.8. The van der Waals surface area contributed by atoms with Gasteiger partial charge in [0.05, 0.1) is 0 Å². The van der Waals surface area contributed by atoms with Gasteiger partial charge in [0.2, 0.25) is 0 Å². The smallest absolute Gasteiger partial charge is 0.137 e. The van der Waals surface area contributed by atoms with E-state index in [9.17, 15) is 0 Å². The molecular formula is C16H22N4.